The summed E-state index contributed by atoms with van der Waals surface area (Å²) in [6, 6.07) is 0. The normalized spacial score (nSPS) is 43.4. The van der Waals surface area contributed by atoms with Crippen LogP contribution in [0.1, 0.15) is 312 Å². The molecule has 3 aliphatic heterocycles. The molecule has 2 N–H and O–H groups in total. The molecule has 14 bridgehead atoms. The highest BCUT2D eigenvalue weighted by Crippen LogP contribution is 2.62. The fourth-order valence-electron chi connectivity index (χ4n) is 22.8. The Balaban J connectivity index is 0.000000144. The van der Waals surface area contributed by atoms with Gasteiger partial charge in [0.05, 0.1) is 64.5 Å². The smallest absolute Gasteiger partial charge is 0.317 e. The van der Waals surface area contributed by atoms with E-state index in [0.29, 0.717) is 48.9 Å². The van der Waals surface area contributed by atoms with Crippen molar-refractivity contribution in [3.05, 3.63) is 0 Å². The zero-order chi connectivity index (χ0) is 78.9. The summed E-state index contributed by atoms with van der Waals surface area (Å²) >= 11 is 0. The topological polar surface area (TPSA) is 259 Å². The van der Waals surface area contributed by atoms with Crippen molar-refractivity contribution < 1.29 is 86.5 Å². The van der Waals surface area contributed by atoms with Gasteiger partial charge in [0.2, 0.25) is 0 Å². The van der Waals surface area contributed by atoms with Crippen LogP contribution in [0.25, 0.3) is 0 Å². The number of esters is 9. The summed E-state index contributed by atoms with van der Waals surface area (Å²) in [5.41, 5.74) is -2.72. The number of hydrogen-bond donors (Lipinski definition) is 2. The average Bonchev–Trinajstić information content (AvgIpc) is 1.53. The molecule has 608 valence electrons. The maximum Gasteiger partial charge on any atom is 0.317 e. The zero-order valence-electron chi connectivity index (χ0n) is 69.7. The van der Waals surface area contributed by atoms with E-state index in [4.69, 9.17) is 23.7 Å². The summed E-state index contributed by atoms with van der Waals surface area (Å²) in [6.07, 6.45) is 29.4. The van der Waals surface area contributed by atoms with Gasteiger partial charge in [0, 0.05) is 31.1 Å². The first-order valence-electron chi connectivity index (χ1n) is 43.2. The molecule has 18 rings (SSSR count). The van der Waals surface area contributed by atoms with E-state index in [-0.39, 0.29) is 112 Å². The van der Waals surface area contributed by atoms with Gasteiger partial charge in [0.15, 0.2) is 0 Å². The molecular formula is C89H144O18. The van der Waals surface area contributed by atoms with E-state index >= 15 is 0 Å². The molecule has 0 spiro atoms. The third-order valence-electron chi connectivity index (χ3n) is 31.5. The van der Waals surface area contributed by atoms with Crippen LogP contribution >= 0.6 is 0 Å². The van der Waals surface area contributed by atoms with Crippen molar-refractivity contribution in [1.29, 1.82) is 0 Å². The lowest BCUT2D eigenvalue weighted by molar-refractivity contribution is -0.262. The SMILES string of the molecule is CC1C(=O)OC(=O)C1C.CC1C(=O)OC(=O)C1C.CC1C2CCC(C2)C1C.CC1C2CCC(C2)C1C.CCC(C)C(=O)OC(C)(C)C1CCC(C)CC1.CCC(C)C(=O)OC1(C)C2CC3CC(C2)CC1C3.CCC(C)C(=O)OC12CC3CC(O)(CC(O)(C3)C1)C2.CCC(C)C(=O)OC1C2CC3C(=O)OC1C3C2. The number of fused-ring (bicyclic) bond motifs is 5. The first kappa shape index (κ1) is 86.5. The maximum atomic E-state index is 12.1. The summed E-state index contributed by atoms with van der Waals surface area (Å²) in [4.78, 5) is 102. The van der Waals surface area contributed by atoms with Gasteiger partial charge in [-0.05, 0) is 251 Å². The molecule has 15 saturated carbocycles. The monoisotopic (exact) mass is 1500 g/mol. The van der Waals surface area contributed by atoms with Gasteiger partial charge in [-0.3, -0.25) is 43.2 Å². The highest BCUT2D eigenvalue weighted by atomic mass is 16.6. The largest absolute Gasteiger partial charge is 0.459 e. The highest BCUT2D eigenvalue weighted by molar-refractivity contribution is 5.96. The maximum absolute atomic E-state index is 12.1. The van der Waals surface area contributed by atoms with Crippen LogP contribution in [0, 0.1) is 154 Å². The molecule has 18 aliphatic rings. The predicted octanol–water partition coefficient (Wildman–Crippen LogP) is 17.3. The van der Waals surface area contributed by atoms with E-state index < -0.39 is 40.7 Å². The number of hydrogen-bond acceptors (Lipinski definition) is 18. The van der Waals surface area contributed by atoms with Crippen LogP contribution in [0.5, 0.6) is 0 Å². The summed E-state index contributed by atoms with van der Waals surface area (Å²) in [7, 11) is 0. The number of ether oxygens (including phenoxy) is 7. The summed E-state index contributed by atoms with van der Waals surface area (Å²) in [5, 5.41) is 21.2. The van der Waals surface area contributed by atoms with E-state index in [1.165, 1.54) is 83.5 Å². The van der Waals surface area contributed by atoms with Crippen LogP contribution in [0.3, 0.4) is 0 Å². The second-order valence-corrected chi connectivity index (χ2v) is 39.2. The minimum atomic E-state index is -0.829. The Hall–Kier alpha value is -4.45. The molecule has 0 aromatic heterocycles. The zero-order valence-corrected chi connectivity index (χ0v) is 69.7. The Labute approximate surface area is 643 Å². The third kappa shape index (κ3) is 19.8. The Morgan fingerprint density at radius 2 is 0.850 bits per heavy atom. The first-order valence-corrected chi connectivity index (χ1v) is 43.2. The molecular weight excluding hydrogens is 1360 g/mol. The Morgan fingerprint density at radius 1 is 0.458 bits per heavy atom. The second-order valence-electron chi connectivity index (χ2n) is 39.2. The van der Waals surface area contributed by atoms with Crippen molar-refractivity contribution in [1.82, 2.24) is 0 Å². The van der Waals surface area contributed by atoms with Gasteiger partial charge in [-0.1, -0.05) is 131 Å². The molecule has 107 heavy (non-hydrogen) atoms. The summed E-state index contributed by atoms with van der Waals surface area (Å²) < 4.78 is 37.1. The number of carbonyl (C=O) groups is 9. The second kappa shape index (κ2) is 35.3. The molecule has 23 atom stereocenters. The van der Waals surface area contributed by atoms with Gasteiger partial charge in [-0.2, -0.15) is 0 Å². The first-order chi connectivity index (χ1) is 50.1. The molecule has 3 heterocycles. The molecule has 0 aromatic rings. The average molecular weight is 1500 g/mol. The van der Waals surface area contributed by atoms with E-state index in [0.717, 1.165) is 123 Å². The standard InChI is InChI=1S/C16H26O2.C15H24O4.C15H28O2.C13H18O4.2C9H16.2C6H8O3/c1-4-10(2)15(17)18-16(3)13-6-11-5-12(8-13)9-14(16)7-11;1-3-10(2)12(16)19-15-6-11-4-13(17,8-15)7-14(18,5-11)9-15;1-6-12(3)14(16)17-15(4,5)13-9-7-11(2)8-10-13;1-3-6(2)12(14)16-10-7-4-8-9(5-7)13(15)17-11(8)10;2*1-6-7(2)9-4-3-8(6)5-9;2*1-3-4(2)6(8)9-5(3)7/h10-14H,4-9H2,1-3H3;10-11,17-18H,3-9H2,1-2H3;11-13H,6-10H2,1-5H3;6-11H,3-5H2,1-2H3;2*6-9H,3-5H2,1-2H3;2*3-4H,1-2H3. The van der Waals surface area contributed by atoms with Crippen molar-refractivity contribution in [3.63, 3.8) is 0 Å². The Kier molecular flexibility index (Phi) is 28.5. The lowest BCUT2D eigenvalue weighted by Gasteiger charge is -2.62. The molecule has 0 radical (unpaired) electrons. The van der Waals surface area contributed by atoms with Crippen molar-refractivity contribution in [2.24, 2.45) is 154 Å². The molecule has 23 unspecified atom stereocenters. The van der Waals surface area contributed by atoms with Crippen LogP contribution in [0.4, 0.5) is 0 Å². The van der Waals surface area contributed by atoms with Crippen LogP contribution < -0.4 is 0 Å². The van der Waals surface area contributed by atoms with Gasteiger partial charge in [-0.25, -0.2) is 0 Å². The van der Waals surface area contributed by atoms with Gasteiger partial charge in [0.1, 0.15) is 29.0 Å². The van der Waals surface area contributed by atoms with Crippen LogP contribution in [0.15, 0.2) is 0 Å². The van der Waals surface area contributed by atoms with E-state index in [2.05, 4.69) is 71.8 Å². The quantitative estimate of drug-likeness (QED) is 0.0986. The summed E-state index contributed by atoms with van der Waals surface area (Å²) in [5.74, 6) is 11.1. The number of carbonyl (C=O) groups excluding carboxylic acids is 9. The fraction of sp³-hybridized carbons (Fsp3) is 0.899. The molecule has 0 aromatic carbocycles. The molecule has 3 saturated heterocycles. The van der Waals surface area contributed by atoms with Crippen molar-refractivity contribution in [3.8, 4) is 0 Å². The van der Waals surface area contributed by atoms with Crippen molar-refractivity contribution in [2.45, 2.75) is 352 Å². The third-order valence-corrected chi connectivity index (χ3v) is 31.5. The van der Waals surface area contributed by atoms with Crippen molar-refractivity contribution in [2.75, 3.05) is 0 Å². The van der Waals surface area contributed by atoms with E-state index in [1.54, 1.807) is 40.5 Å². The molecule has 18 heteroatoms. The molecule has 0 amide bonds. The summed E-state index contributed by atoms with van der Waals surface area (Å²) in [6.45, 7) is 40.9. The van der Waals surface area contributed by atoms with Crippen LogP contribution in [-0.4, -0.2) is 104 Å². The van der Waals surface area contributed by atoms with E-state index in [1.807, 2.05) is 48.5 Å². The van der Waals surface area contributed by atoms with Crippen LogP contribution in [0.2, 0.25) is 0 Å². The Morgan fingerprint density at radius 3 is 1.21 bits per heavy atom. The van der Waals surface area contributed by atoms with E-state index in [9.17, 15) is 53.4 Å². The number of aliphatic hydroxyl groups is 2. The lowest BCUT2D eigenvalue weighted by atomic mass is 9.50. The number of cyclic esters (lactones) is 4. The Bertz CT molecular complexity index is 2920. The van der Waals surface area contributed by atoms with Gasteiger partial charge >= 0.3 is 53.7 Å². The molecule has 18 fully saturated rings. The van der Waals surface area contributed by atoms with Crippen molar-refractivity contribution >= 4 is 53.7 Å². The van der Waals surface area contributed by atoms with Crippen LogP contribution in [-0.2, 0) is 76.3 Å². The minimum absolute atomic E-state index is 0.0248. The predicted molar refractivity (Wildman–Crippen MR) is 407 cm³/mol. The highest BCUT2D eigenvalue weighted by Gasteiger charge is 2.66. The fourth-order valence-corrected chi connectivity index (χ4v) is 22.8. The number of rotatable bonds is 13. The molecule has 15 aliphatic carbocycles. The van der Waals surface area contributed by atoms with Gasteiger partial charge in [0.25, 0.3) is 0 Å². The molecule has 18 nitrogen and oxygen atoms in total. The van der Waals surface area contributed by atoms with Gasteiger partial charge in [-0.15, -0.1) is 0 Å². The lowest BCUT2D eigenvalue weighted by Crippen LogP contribution is -2.67. The minimum Gasteiger partial charge on any atom is -0.459 e. The van der Waals surface area contributed by atoms with Gasteiger partial charge < -0.3 is 43.4 Å².